The minimum Gasteiger partial charge on any atom is -0.493 e. The van der Waals surface area contributed by atoms with Crippen molar-refractivity contribution in [2.24, 2.45) is 4.99 Å². The highest BCUT2D eigenvalue weighted by molar-refractivity contribution is 7.07. The van der Waals surface area contributed by atoms with E-state index in [4.69, 9.17) is 14.2 Å². The number of carbonyl (C=O) groups excluding carboxylic acids is 1. The third kappa shape index (κ3) is 4.90. The Balaban J connectivity index is 1.93. The fourth-order valence-corrected chi connectivity index (χ4v) is 5.09. The molecular formula is C28H28N2O5S. The maximum Gasteiger partial charge on any atom is 0.338 e. The van der Waals surface area contributed by atoms with E-state index in [9.17, 15) is 9.59 Å². The lowest BCUT2D eigenvalue weighted by atomic mass is 9.96. The number of fused-ring (bicyclic) bond motifs is 1. The molecule has 0 saturated heterocycles. The van der Waals surface area contributed by atoms with Crippen molar-refractivity contribution in [1.29, 1.82) is 0 Å². The summed E-state index contributed by atoms with van der Waals surface area (Å²) in [6.45, 7) is 9.35. The first kappa shape index (κ1) is 25.2. The maximum absolute atomic E-state index is 13.8. The predicted octanol–water partition coefficient (Wildman–Crippen LogP) is 3.76. The minimum atomic E-state index is -0.655. The molecule has 1 atom stereocenters. The molecule has 4 rings (SSSR count). The molecule has 0 amide bonds. The molecule has 8 heteroatoms. The molecule has 0 radical (unpaired) electrons. The van der Waals surface area contributed by atoms with Gasteiger partial charge in [0.25, 0.3) is 5.56 Å². The standard InChI is InChI=1S/C28H28N2O5S/c1-6-15-34-25-20(13-10-14-21(25)33-5)16-22-26(31)30-24(19-11-8-7-9-12-19)23(27(32)35-17(2)3)18(4)29-28(30)36-22/h6-14,16-17,24H,1,15H2,2-5H3. The number of hydrogen-bond donors (Lipinski definition) is 0. The Morgan fingerprint density at radius 3 is 2.61 bits per heavy atom. The van der Waals surface area contributed by atoms with E-state index in [0.29, 0.717) is 37.7 Å². The normalized spacial score (nSPS) is 15.4. The highest BCUT2D eigenvalue weighted by Crippen LogP contribution is 2.32. The lowest BCUT2D eigenvalue weighted by molar-refractivity contribution is -0.143. The van der Waals surface area contributed by atoms with Gasteiger partial charge in [-0.15, -0.1) is 0 Å². The fourth-order valence-electron chi connectivity index (χ4n) is 4.06. The Labute approximate surface area is 213 Å². The van der Waals surface area contributed by atoms with Crippen molar-refractivity contribution < 1.29 is 19.0 Å². The number of allylic oxidation sites excluding steroid dienone is 1. The number of rotatable bonds is 8. The zero-order valence-electron chi connectivity index (χ0n) is 20.7. The van der Waals surface area contributed by atoms with E-state index in [2.05, 4.69) is 11.6 Å². The summed E-state index contributed by atoms with van der Waals surface area (Å²) in [6, 6.07) is 14.3. The van der Waals surface area contributed by atoms with Gasteiger partial charge in [0.1, 0.15) is 6.61 Å². The third-order valence-electron chi connectivity index (χ3n) is 5.56. The number of para-hydroxylation sites is 1. The van der Waals surface area contributed by atoms with Crippen molar-refractivity contribution in [3.8, 4) is 11.5 Å². The third-order valence-corrected chi connectivity index (χ3v) is 6.54. The van der Waals surface area contributed by atoms with Crippen LogP contribution in [0.2, 0.25) is 0 Å². The number of ether oxygens (including phenoxy) is 3. The van der Waals surface area contributed by atoms with Gasteiger partial charge in [0.05, 0.1) is 35.1 Å². The number of aromatic nitrogens is 1. The van der Waals surface area contributed by atoms with Crippen LogP contribution < -0.4 is 24.4 Å². The second kappa shape index (κ2) is 10.8. The van der Waals surface area contributed by atoms with Gasteiger partial charge in [-0.25, -0.2) is 9.79 Å². The lowest BCUT2D eigenvalue weighted by Gasteiger charge is -2.25. The van der Waals surface area contributed by atoms with E-state index in [1.54, 1.807) is 50.7 Å². The topological polar surface area (TPSA) is 79.1 Å². The van der Waals surface area contributed by atoms with Gasteiger partial charge < -0.3 is 14.2 Å². The van der Waals surface area contributed by atoms with Gasteiger partial charge in [-0.2, -0.15) is 0 Å². The molecule has 3 aromatic rings. The Morgan fingerprint density at radius 2 is 1.94 bits per heavy atom. The van der Waals surface area contributed by atoms with E-state index in [0.717, 1.165) is 5.56 Å². The second-order valence-electron chi connectivity index (χ2n) is 8.42. The molecular weight excluding hydrogens is 476 g/mol. The first-order valence-corrected chi connectivity index (χ1v) is 12.4. The highest BCUT2D eigenvalue weighted by Gasteiger charge is 2.33. The monoisotopic (exact) mass is 504 g/mol. The summed E-state index contributed by atoms with van der Waals surface area (Å²) < 4.78 is 18.9. The smallest absolute Gasteiger partial charge is 0.338 e. The van der Waals surface area contributed by atoms with Crippen molar-refractivity contribution in [2.45, 2.75) is 32.9 Å². The summed E-state index contributed by atoms with van der Waals surface area (Å²) in [7, 11) is 1.56. The van der Waals surface area contributed by atoms with Crippen LogP contribution in [-0.2, 0) is 9.53 Å². The van der Waals surface area contributed by atoms with Gasteiger partial charge in [0.15, 0.2) is 16.3 Å². The molecule has 1 aromatic heterocycles. The zero-order chi connectivity index (χ0) is 25.8. The van der Waals surface area contributed by atoms with Crippen LogP contribution in [0.15, 0.2) is 82.2 Å². The van der Waals surface area contributed by atoms with Crippen molar-refractivity contribution >= 4 is 23.4 Å². The summed E-state index contributed by atoms with van der Waals surface area (Å²) in [6.07, 6.45) is 3.10. The predicted molar refractivity (Wildman–Crippen MR) is 140 cm³/mol. The van der Waals surface area contributed by atoms with Gasteiger partial charge in [-0.1, -0.05) is 66.5 Å². The number of benzene rings is 2. The summed E-state index contributed by atoms with van der Waals surface area (Å²) in [4.78, 5) is 32.1. The molecule has 1 aliphatic heterocycles. The summed E-state index contributed by atoms with van der Waals surface area (Å²) in [5.41, 5.74) is 2.11. The van der Waals surface area contributed by atoms with E-state index in [1.807, 2.05) is 42.5 Å². The van der Waals surface area contributed by atoms with Crippen LogP contribution in [0.5, 0.6) is 11.5 Å². The SMILES string of the molecule is C=CCOc1c(C=c2sc3n(c2=O)C(c2ccccc2)C(C(=O)OC(C)C)=C(C)N=3)cccc1OC. The molecule has 0 N–H and O–H groups in total. The van der Waals surface area contributed by atoms with Gasteiger partial charge >= 0.3 is 5.97 Å². The zero-order valence-corrected chi connectivity index (χ0v) is 21.5. The average molecular weight is 505 g/mol. The van der Waals surface area contributed by atoms with Crippen LogP contribution in [0.25, 0.3) is 6.08 Å². The van der Waals surface area contributed by atoms with Crippen LogP contribution in [0.4, 0.5) is 0 Å². The van der Waals surface area contributed by atoms with Crippen molar-refractivity contribution in [3.63, 3.8) is 0 Å². The number of esters is 1. The number of hydrogen-bond acceptors (Lipinski definition) is 7. The summed E-state index contributed by atoms with van der Waals surface area (Å²) >= 11 is 1.26. The van der Waals surface area contributed by atoms with Gasteiger partial charge in [-0.3, -0.25) is 9.36 Å². The molecule has 0 bridgehead atoms. The maximum atomic E-state index is 13.8. The molecule has 0 saturated carbocycles. The first-order valence-electron chi connectivity index (χ1n) is 11.5. The molecule has 1 unspecified atom stereocenters. The van der Waals surface area contributed by atoms with Gasteiger partial charge in [0, 0.05) is 5.56 Å². The average Bonchev–Trinajstić information content (AvgIpc) is 3.16. The van der Waals surface area contributed by atoms with Crippen LogP contribution >= 0.6 is 11.3 Å². The summed E-state index contributed by atoms with van der Waals surface area (Å²) in [5, 5.41) is 0. The van der Waals surface area contributed by atoms with Gasteiger partial charge in [-0.05, 0) is 38.5 Å². The van der Waals surface area contributed by atoms with Crippen molar-refractivity contribution in [2.75, 3.05) is 13.7 Å². The molecule has 186 valence electrons. The largest absolute Gasteiger partial charge is 0.493 e. The van der Waals surface area contributed by atoms with Crippen molar-refractivity contribution in [3.05, 3.63) is 103 Å². The van der Waals surface area contributed by atoms with Crippen LogP contribution in [0.3, 0.4) is 0 Å². The van der Waals surface area contributed by atoms with E-state index < -0.39 is 12.0 Å². The van der Waals surface area contributed by atoms with Crippen LogP contribution in [0, 0.1) is 0 Å². The van der Waals surface area contributed by atoms with Crippen LogP contribution in [0.1, 0.15) is 37.9 Å². The molecule has 0 spiro atoms. The number of nitrogens with zero attached hydrogens (tertiary/aromatic N) is 2. The fraction of sp³-hybridized carbons (Fsp3) is 0.250. The Hall–Kier alpha value is -3.91. The quantitative estimate of drug-likeness (QED) is 0.345. The van der Waals surface area contributed by atoms with Crippen molar-refractivity contribution in [1.82, 2.24) is 4.57 Å². The highest BCUT2D eigenvalue weighted by atomic mass is 32.1. The number of thiazole rings is 1. The second-order valence-corrected chi connectivity index (χ2v) is 9.43. The first-order chi connectivity index (χ1) is 17.3. The van der Waals surface area contributed by atoms with E-state index in [1.165, 1.54) is 11.3 Å². The number of carbonyl (C=O) groups is 1. The lowest BCUT2D eigenvalue weighted by Crippen LogP contribution is -2.40. The summed E-state index contributed by atoms with van der Waals surface area (Å²) in [5.74, 6) is 0.583. The molecule has 36 heavy (non-hydrogen) atoms. The van der Waals surface area contributed by atoms with Gasteiger partial charge in [0.2, 0.25) is 0 Å². The van der Waals surface area contributed by atoms with Crippen LogP contribution in [-0.4, -0.2) is 30.4 Å². The Bertz CT molecular complexity index is 1500. The number of methoxy groups -OCH3 is 1. The Morgan fingerprint density at radius 1 is 1.19 bits per heavy atom. The molecule has 0 fully saturated rings. The molecule has 7 nitrogen and oxygen atoms in total. The van der Waals surface area contributed by atoms with E-state index >= 15 is 0 Å². The Kier molecular flexibility index (Phi) is 7.55. The molecule has 2 heterocycles. The molecule has 0 aliphatic carbocycles. The molecule has 2 aromatic carbocycles. The minimum absolute atomic E-state index is 0.257. The van der Waals surface area contributed by atoms with E-state index in [-0.39, 0.29) is 18.3 Å². The molecule has 1 aliphatic rings.